The lowest BCUT2D eigenvalue weighted by Crippen LogP contribution is -2.24. The van der Waals surface area contributed by atoms with Gasteiger partial charge >= 0.3 is 0 Å². The zero-order valence-electron chi connectivity index (χ0n) is 10.6. The van der Waals surface area contributed by atoms with Crippen LogP contribution in [0.5, 0.6) is 0 Å². The molecule has 3 heteroatoms. The van der Waals surface area contributed by atoms with Gasteiger partial charge in [-0.3, -0.25) is 4.79 Å². The summed E-state index contributed by atoms with van der Waals surface area (Å²) in [4.78, 5) is 12.8. The number of benzene rings is 1. The van der Waals surface area contributed by atoms with Crippen molar-refractivity contribution in [3.05, 3.63) is 28.2 Å². The van der Waals surface area contributed by atoms with Crippen molar-refractivity contribution >= 4 is 27.5 Å². The summed E-state index contributed by atoms with van der Waals surface area (Å²) in [6.07, 6.45) is 1.70. The third-order valence-electron chi connectivity index (χ3n) is 2.37. The van der Waals surface area contributed by atoms with Crippen LogP contribution >= 0.6 is 15.9 Å². The summed E-state index contributed by atoms with van der Waals surface area (Å²) in [5.74, 6) is -0.328. The van der Waals surface area contributed by atoms with Crippen LogP contribution in [0.2, 0.25) is 0 Å². The highest BCUT2D eigenvalue weighted by Crippen LogP contribution is 2.28. The molecule has 0 radical (unpaired) electrons. The van der Waals surface area contributed by atoms with E-state index >= 15 is 0 Å². The van der Waals surface area contributed by atoms with E-state index in [1.165, 1.54) is 0 Å². The van der Waals surface area contributed by atoms with E-state index in [1.807, 2.05) is 6.07 Å². The van der Waals surface area contributed by atoms with Gasteiger partial charge in [0.1, 0.15) is 0 Å². The third kappa shape index (κ3) is 1.69. The largest absolute Gasteiger partial charge is 0.315 e. The number of anilines is 1. The number of hydrogen-bond acceptors (Lipinski definition) is 1. The molecule has 1 heterocycles. The van der Waals surface area contributed by atoms with Crippen molar-refractivity contribution in [3.8, 4) is 0 Å². The standard InChI is InChI=1S/C11H12BrNO/c1-13-10-6-5-9(12)7-8(10)3-2-4-11(13)14/h5-7H,2-4H2,1H3/i1D3. The van der Waals surface area contributed by atoms with Crippen LogP contribution in [0.15, 0.2) is 22.7 Å². The van der Waals surface area contributed by atoms with E-state index in [9.17, 15) is 4.79 Å². The molecule has 0 atom stereocenters. The number of hydrogen-bond donors (Lipinski definition) is 0. The summed E-state index contributed by atoms with van der Waals surface area (Å²) in [6, 6.07) is 5.33. The van der Waals surface area contributed by atoms with Crippen LogP contribution in [-0.2, 0) is 11.2 Å². The molecular weight excluding hydrogens is 242 g/mol. The Bertz CT molecular complexity index is 459. The van der Waals surface area contributed by atoms with Crippen LogP contribution in [0, 0.1) is 0 Å². The van der Waals surface area contributed by atoms with Gasteiger partial charge in [-0.1, -0.05) is 15.9 Å². The highest BCUT2D eigenvalue weighted by Gasteiger charge is 2.18. The summed E-state index contributed by atoms with van der Waals surface area (Å²) in [6.45, 7) is -2.41. The molecule has 1 aromatic rings. The number of amides is 1. The Balaban J connectivity index is 2.55. The fourth-order valence-electron chi connectivity index (χ4n) is 1.65. The second kappa shape index (κ2) is 3.73. The quantitative estimate of drug-likeness (QED) is 0.699. The van der Waals surface area contributed by atoms with E-state index in [1.54, 1.807) is 12.1 Å². The molecule has 1 aliphatic heterocycles. The fraction of sp³-hybridized carbons (Fsp3) is 0.364. The molecule has 1 amide bonds. The van der Waals surface area contributed by atoms with Gasteiger partial charge in [0.25, 0.3) is 0 Å². The molecule has 0 N–H and O–H groups in total. The van der Waals surface area contributed by atoms with Gasteiger partial charge in [-0.15, -0.1) is 0 Å². The van der Waals surface area contributed by atoms with E-state index in [0.29, 0.717) is 12.1 Å². The topological polar surface area (TPSA) is 20.3 Å². The Labute approximate surface area is 96.3 Å². The summed E-state index contributed by atoms with van der Waals surface area (Å²) in [5.41, 5.74) is 1.41. The van der Waals surface area contributed by atoms with E-state index < -0.39 is 6.98 Å². The van der Waals surface area contributed by atoms with Gasteiger partial charge in [-0.25, -0.2) is 0 Å². The van der Waals surface area contributed by atoms with Crippen LogP contribution in [0.25, 0.3) is 0 Å². The van der Waals surface area contributed by atoms with Crippen molar-refractivity contribution in [1.29, 1.82) is 0 Å². The van der Waals surface area contributed by atoms with Crippen LogP contribution in [-0.4, -0.2) is 12.9 Å². The first kappa shape index (κ1) is 6.62. The van der Waals surface area contributed by atoms with Crippen molar-refractivity contribution in [2.45, 2.75) is 19.3 Å². The lowest BCUT2D eigenvalue weighted by atomic mass is 10.1. The Morgan fingerprint density at radius 1 is 1.50 bits per heavy atom. The Hall–Kier alpha value is -0.830. The Kier molecular flexibility index (Phi) is 1.76. The summed E-state index contributed by atoms with van der Waals surface area (Å²) < 4.78 is 23.3. The van der Waals surface area contributed by atoms with Gasteiger partial charge in [0.15, 0.2) is 0 Å². The molecule has 0 bridgehead atoms. The minimum absolute atomic E-state index is 0.282. The molecular formula is C11H12BrNO. The molecule has 1 aromatic carbocycles. The number of carbonyl (C=O) groups is 1. The van der Waals surface area contributed by atoms with Gasteiger partial charge in [0, 0.05) is 27.7 Å². The van der Waals surface area contributed by atoms with Crippen molar-refractivity contribution in [3.63, 3.8) is 0 Å². The van der Waals surface area contributed by atoms with Gasteiger partial charge < -0.3 is 4.90 Å². The van der Waals surface area contributed by atoms with Gasteiger partial charge in [0.05, 0.1) is 0 Å². The summed E-state index contributed by atoms with van der Waals surface area (Å²) in [5, 5.41) is 0. The van der Waals surface area contributed by atoms with Gasteiger partial charge in [-0.2, -0.15) is 0 Å². The average Bonchev–Trinajstić information content (AvgIpc) is 2.34. The first-order chi connectivity index (χ1) is 7.89. The van der Waals surface area contributed by atoms with Crippen molar-refractivity contribution in [2.24, 2.45) is 0 Å². The second-order valence-corrected chi connectivity index (χ2v) is 4.27. The van der Waals surface area contributed by atoms with Crippen LogP contribution in [0.1, 0.15) is 22.5 Å². The van der Waals surface area contributed by atoms with E-state index in [-0.39, 0.29) is 12.3 Å². The molecule has 14 heavy (non-hydrogen) atoms. The average molecular weight is 257 g/mol. The number of aryl methyl sites for hydroxylation is 1. The molecule has 2 nitrogen and oxygen atoms in total. The summed E-state index contributed by atoms with van der Waals surface area (Å²) >= 11 is 3.36. The fourth-order valence-corrected chi connectivity index (χ4v) is 2.06. The molecule has 0 fully saturated rings. The predicted molar refractivity (Wildman–Crippen MR) is 60.5 cm³/mol. The number of carbonyl (C=O) groups excluding carboxylic acids is 1. The molecule has 2 rings (SSSR count). The molecule has 0 unspecified atom stereocenters. The molecule has 0 saturated heterocycles. The Morgan fingerprint density at radius 3 is 3.14 bits per heavy atom. The van der Waals surface area contributed by atoms with Crippen LogP contribution in [0.3, 0.4) is 0 Å². The minimum Gasteiger partial charge on any atom is -0.315 e. The number of fused-ring (bicyclic) bond motifs is 1. The smallest absolute Gasteiger partial charge is 0.226 e. The van der Waals surface area contributed by atoms with E-state index in [2.05, 4.69) is 15.9 Å². The molecule has 74 valence electrons. The molecule has 1 aliphatic rings. The zero-order chi connectivity index (χ0) is 12.6. The normalized spacial score (nSPS) is 20.5. The van der Waals surface area contributed by atoms with Crippen molar-refractivity contribution in [2.75, 3.05) is 11.9 Å². The van der Waals surface area contributed by atoms with Crippen LogP contribution < -0.4 is 4.90 Å². The van der Waals surface area contributed by atoms with Crippen molar-refractivity contribution < 1.29 is 8.91 Å². The van der Waals surface area contributed by atoms with Gasteiger partial charge in [-0.05, 0) is 36.6 Å². The predicted octanol–water partition coefficient (Wildman–Crippen LogP) is 2.75. The number of rotatable bonds is 0. The molecule has 0 saturated carbocycles. The minimum atomic E-state index is -2.41. The monoisotopic (exact) mass is 256 g/mol. The third-order valence-corrected chi connectivity index (χ3v) is 2.86. The highest BCUT2D eigenvalue weighted by atomic mass is 79.9. The molecule has 0 aliphatic carbocycles. The Morgan fingerprint density at radius 2 is 2.36 bits per heavy atom. The maximum absolute atomic E-state index is 11.9. The maximum atomic E-state index is 11.9. The maximum Gasteiger partial charge on any atom is 0.226 e. The first-order valence-corrected chi connectivity index (χ1v) is 5.30. The lowest BCUT2D eigenvalue weighted by molar-refractivity contribution is -0.118. The first-order valence-electron chi connectivity index (χ1n) is 6.01. The van der Waals surface area contributed by atoms with Crippen LogP contribution in [0.4, 0.5) is 5.69 Å². The van der Waals surface area contributed by atoms with E-state index in [0.717, 1.165) is 21.4 Å². The van der Waals surface area contributed by atoms with Gasteiger partial charge in [0.2, 0.25) is 5.91 Å². The molecule has 0 spiro atoms. The van der Waals surface area contributed by atoms with Crippen molar-refractivity contribution in [1.82, 2.24) is 0 Å². The number of halogens is 1. The SMILES string of the molecule is [2H]C([2H])([2H])N1C(=O)CCCc2cc(Br)ccc21. The second-order valence-electron chi connectivity index (χ2n) is 3.36. The summed E-state index contributed by atoms with van der Waals surface area (Å²) in [7, 11) is 0. The number of nitrogens with zero attached hydrogens (tertiary/aromatic N) is 1. The zero-order valence-corrected chi connectivity index (χ0v) is 9.17. The lowest BCUT2D eigenvalue weighted by Gasteiger charge is -2.17. The molecule has 0 aromatic heterocycles. The highest BCUT2D eigenvalue weighted by molar-refractivity contribution is 9.10. The van der Waals surface area contributed by atoms with E-state index in [4.69, 9.17) is 4.11 Å².